The standard InChI is InChI=1S/C19H18ClNO3/c1-14(19(23)21-13-16-5-3-2-4-6-16)24-18(22)12-9-15-7-10-17(20)11-8-15/h2-12,14H,13H2,1H3,(H,21,23)/b12-9+/t14-/m0/s1. The minimum absolute atomic E-state index is 0.341. The molecule has 0 aromatic heterocycles. The number of halogens is 1. The van der Waals surface area contributed by atoms with Gasteiger partial charge in [0.25, 0.3) is 5.91 Å². The molecule has 4 nitrogen and oxygen atoms in total. The van der Waals surface area contributed by atoms with Crippen LogP contribution in [0.2, 0.25) is 5.02 Å². The molecule has 2 aromatic carbocycles. The predicted octanol–water partition coefficient (Wildman–Crippen LogP) is 3.60. The molecule has 0 aliphatic carbocycles. The number of hydrogen-bond donors (Lipinski definition) is 1. The molecule has 0 spiro atoms. The van der Waals surface area contributed by atoms with Gasteiger partial charge in [0.15, 0.2) is 6.10 Å². The van der Waals surface area contributed by atoms with Crippen molar-refractivity contribution in [2.24, 2.45) is 0 Å². The van der Waals surface area contributed by atoms with Crippen molar-refractivity contribution < 1.29 is 14.3 Å². The summed E-state index contributed by atoms with van der Waals surface area (Å²) in [6.07, 6.45) is 2.02. The molecule has 5 heteroatoms. The normalized spacial score (nSPS) is 11.9. The second kappa shape index (κ2) is 8.89. The minimum atomic E-state index is -0.865. The lowest BCUT2D eigenvalue weighted by Crippen LogP contribution is -2.35. The van der Waals surface area contributed by atoms with E-state index >= 15 is 0 Å². The Balaban J connectivity index is 1.79. The summed E-state index contributed by atoms with van der Waals surface area (Å²) in [5.41, 5.74) is 1.80. The number of carbonyl (C=O) groups is 2. The number of ether oxygens (including phenoxy) is 1. The van der Waals surface area contributed by atoms with Crippen LogP contribution in [0.3, 0.4) is 0 Å². The number of rotatable bonds is 6. The maximum absolute atomic E-state index is 11.9. The summed E-state index contributed by atoms with van der Waals surface area (Å²) in [6, 6.07) is 16.5. The monoisotopic (exact) mass is 343 g/mol. The zero-order chi connectivity index (χ0) is 17.4. The van der Waals surface area contributed by atoms with E-state index in [1.54, 1.807) is 30.3 Å². The molecule has 0 aliphatic rings. The predicted molar refractivity (Wildman–Crippen MR) is 94.3 cm³/mol. The van der Waals surface area contributed by atoms with E-state index in [1.165, 1.54) is 13.0 Å². The third-order valence-electron chi connectivity index (χ3n) is 3.25. The molecule has 0 bridgehead atoms. The van der Waals surface area contributed by atoms with E-state index < -0.39 is 12.1 Å². The molecule has 1 atom stereocenters. The van der Waals surface area contributed by atoms with Crippen molar-refractivity contribution >= 4 is 29.6 Å². The van der Waals surface area contributed by atoms with E-state index in [9.17, 15) is 9.59 Å². The lowest BCUT2D eigenvalue weighted by molar-refractivity contribution is -0.150. The summed E-state index contributed by atoms with van der Waals surface area (Å²) in [5.74, 6) is -0.917. The lowest BCUT2D eigenvalue weighted by Gasteiger charge is -2.12. The Morgan fingerprint density at radius 3 is 2.46 bits per heavy atom. The first-order valence-corrected chi connectivity index (χ1v) is 7.88. The Kier molecular flexibility index (Phi) is 6.58. The molecule has 2 rings (SSSR count). The molecule has 2 aromatic rings. The molecule has 0 unspecified atom stereocenters. The zero-order valence-electron chi connectivity index (χ0n) is 13.2. The average molecular weight is 344 g/mol. The summed E-state index contributed by atoms with van der Waals surface area (Å²) < 4.78 is 5.08. The Labute approximate surface area is 146 Å². The van der Waals surface area contributed by atoms with E-state index in [-0.39, 0.29) is 5.91 Å². The van der Waals surface area contributed by atoms with Crippen LogP contribution in [0, 0.1) is 0 Å². The van der Waals surface area contributed by atoms with Gasteiger partial charge in [0.2, 0.25) is 0 Å². The second-order valence-corrected chi connectivity index (χ2v) is 5.60. The topological polar surface area (TPSA) is 55.4 Å². The van der Waals surface area contributed by atoms with Crippen LogP contribution in [0.4, 0.5) is 0 Å². The quantitative estimate of drug-likeness (QED) is 0.644. The Bertz CT molecular complexity index is 711. The van der Waals surface area contributed by atoms with Gasteiger partial charge in [-0.05, 0) is 36.3 Å². The highest BCUT2D eigenvalue weighted by Gasteiger charge is 2.15. The van der Waals surface area contributed by atoms with Crippen LogP contribution in [-0.2, 0) is 20.9 Å². The van der Waals surface area contributed by atoms with Gasteiger partial charge in [-0.2, -0.15) is 0 Å². The summed E-state index contributed by atoms with van der Waals surface area (Å²) in [6.45, 7) is 1.93. The molecule has 0 aliphatic heterocycles. The van der Waals surface area contributed by atoms with Crippen LogP contribution < -0.4 is 5.32 Å². The Hall–Kier alpha value is -2.59. The molecule has 0 saturated heterocycles. The molecular formula is C19H18ClNO3. The van der Waals surface area contributed by atoms with Gasteiger partial charge in [-0.3, -0.25) is 4.79 Å². The first kappa shape index (κ1) is 17.8. The van der Waals surface area contributed by atoms with E-state index in [2.05, 4.69) is 5.32 Å². The van der Waals surface area contributed by atoms with Crippen molar-refractivity contribution in [1.29, 1.82) is 0 Å². The van der Waals surface area contributed by atoms with Gasteiger partial charge in [0.05, 0.1) is 0 Å². The lowest BCUT2D eigenvalue weighted by atomic mass is 10.2. The summed E-state index contributed by atoms with van der Waals surface area (Å²) >= 11 is 5.79. The van der Waals surface area contributed by atoms with Gasteiger partial charge >= 0.3 is 5.97 Å². The van der Waals surface area contributed by atoms with Gasteiger partial charge in [-0.25, -0.2) is 4.79 Å². The molecule has 1 amide bonds. The first-order chi connectivity index (χ1) is 11.5. The van der Waals surface area contributed by atoms with Gasteiger partial charge in [0.1, 0.15) is 0 Å². The van der Waals surface area contributed by atoms with Crippen LogP contribution in [0.25, 0.3) is 6.08 Å². The van der Waals surface area contributed by atoms with E-state index in [0.29, 0.717) is 11.6 Å². The van der Waals surface area contributed by atoms with Crippen molar-refractivity contribution in [3.8, 4) is 0 Å². The van der Waals surface area contributed by atoms with Gasteiger partial charge in [0, 0.05) is 17.6 Å². The molecule has 0 radical (unpaired) electrons. The third-order valence-corrected chi connectivity index (χ3v) is 3.51. The van der Waals surface area contributed by atoms with Crippen molar-refractivity contribution in [3.63, 3.8) is 0 Å². The fraction of sp³-hybridized carbons (Fsp3) is 0.158. The number of amides is 1. The van der Waals surface area contributed by atoms with E-state index in [0.717, 1.165) is 11.1 Å². The van der Waals surface area contributed by atoms with Crippen molar-refractivity contribution in [1.82, 2.24) is 5.32 Å². The van der Waals surface area contributed by atoms with Gasteiger partial charge in [-0.1, -0.05) is 54.1 Å². The highest BCUT2D eigenvalue weighted by atomic mass is 35.5. The van der Waals surface area contributed by atoms with Crippen molar-refractivity contribution in [2.75, 3.05) is 0 Å². The van der Waals surface area contributed by atoms with Crippen LogP contribution in [0.5, 0.6) is 0 Å². The van der Waals surface area contributed by atoms with Crippen LogP contribution in [0.1, 0.15) is 18.1 Å². The number of carbonyl (C=O) groups excluding carboxylic acids is 2. The molecule has 0 fully saturated rings. The van der Waals surface area contributed by atoms with Gasteiger partial charge < -0.3 is 10.1 Å². The van der Waals surface area contributed by atoms with Gasteiger partial charge in [-0.15, -0.1) is 0 Å². The molecule has 24 heavy (non-hydrogen) atoms. The minimum Gasteiger partial charge on any atom is -0.449 e. The number of esters is 1. The average Bonchev–Trinajstić information content (AvgIpc) is 2.60. The number of hydrogen-bond acceptors (Lipinski definition) is 3. The van der Waals surface area contributed by atoms with Crippen LogP contribution in [-0.4, -0.2) is 18.0 Å². The second-order valence-electron chi connectivity index (χ2n) is 5.17. The summed E-state index contributed by atoms with van der Waals surface area (Å²) in [5, 5.41) is 3.35. The SMILES string of the molecule is C[C@H](OC(=O)/C=C/c1ccc(Cl)cc1)C(=O)NCc1ccccc1. The maximum atomic E-state index is 11.9. The summed E-state index contributed by atoms with van der Waals surface area (Å²) in [4.78, 5) is 23.7. The third kappa shape index (κ3) is 5.89. The number of benzene rings is 2. The molecule has 0 heterocycles. The molecule has 0 saturated carbocycles. The largest absolute Gasteiger partial charge is 0.449 e. The Morgan fingerprint density at radius 2 is 1.79 bits per heavy atom. The Morgan fingerprint density at radius 1 is 1.12 bits per heavy atom. The van der Waals surface area contributed by atoms with E-state index in [4.69, 9.17) is 16.3 Å². The highest BCUT2D eigenvalue weighted by molar-refractivity contribution is 6.30. The number of nitrogens with one attached hydrogen (secondary N) is 1. The van der Waals surface area contributed by atoms with Crippen LogP contribution >= 0.6 is 11.6 Å². The zero-order valence-corrected chi connectivity index (χ0v) is 14.0. The molecule has 1 N–H and O–H groups in total. The smallest absolute Gasteiger partial charge is 0.331 e. The van der Waals surface area contributed by atoms with Crippen molar-refractivity contribution in [3.05, 3.63) is 76.8 Å². The summed E-state index contributed by atoms with van der Waals surface area (Å²) in [7, 11) is 0. The highest BCUT2D eigenvalue weighted by Crippen LogP contribution is 2.10. The van der Waals surface area contributed by atoms with E-state index in [1.807, 2.05) is 30.3 Å². The van der Waals surface area contributed by atoms with Crippen molar-refractivity contribution in [2.45, 2.75) is 19.6 Å². The molecule has 124 valence electrons. The maximum Gasteiger partial charge on any atom is 0.331 e. The fourth-order valence-electron chi connectivity index (χ4n) is 1.93. The molecular weight excluding hydrogens is 326 g/mol. The first-order valence-electron chi connectivity index (χ1n) is 7.50. The fourth-order valence-corrected chi connectivity index (χ4v) is 2.06. The van der Waals surface area contributed by atoms with Crippen LogP contribution in [0.15, 0.2) is 60.7 Å².